The SMILES string of the molecule is Cc1nc(CSc2ccc(C(=O)Nc3ccc(NC(=O)C(C)C)cc3)cc2)cs1. The molecule has 0 spiro atoms. The highest BCUT2D eigenvalue weighted by Crippen LogP contribution is 2.24. The number of nitrogens with zero attached hydrogens (tertiary/aromatic N) is 1. The summed E-state index contributed by atoms with van der Waals surface area (Å²) in [4.78, 5) is 29.7. The molecule has 5 nitrogen and oxygen atoms in total. The van der Waals surface area contributed by atoms with Crippen LogP contribution >= 0.6 is 23.1 Å². The summed E-state index contributed by atoms with van der Waals surface area (Å²) in [5.41, 5.74) is 3.05. The van der Waals surface area contributed by atoms with E-state index in [0.29, 0.717) is 16.9 Å². The van der Waals surface area contributed by atoms with Crippen molar-refractivity contribution in [3.8, 4) is 0 Å². The minimum Gasteiger partial charge on any atom is -0.326 e. The first-order valence-electron chi connectivity index (χ1n) is 9.27. The lowest BCUT2D eigenvalue weighted by atomic mass is 10.2. The fourth-order valence-electron chi connectivity index (χ4n) is 2.46. The number of amides is 2. The van der Waals surface area contributed by atoms with E-state index < -0.39 is 0 Å². The minimum absolute atomic E-state index is 0.0374. The third-order valence-electron chi connectivity index (χ3n) is 4.10. The van der Waals surface area contributed by atoms with Crippen LogP contribution in [0.1, 0.15) is 34.9 Å². The van der Waals surface area contributed by atoms with Crippen LogP contribution in [0.4, 0.5) is 11.4 Å². The molecule has 3 aromatic rings. The van der Waals surface area contributed by atoms with Crippen molar-refractivity contribution in [3.05, 3.63) is 70.2 Å². The molecular formula is C22H23N3O2S2. The molecule has 0 bridgehead atoms. The first-order chi connectivity index (χ1) is 13.9. The maximum Gasteiger partial charge on any atom is 0.255 e. The Morgan fingerprint density at radius 2 is 1.62 bits per heavy atom. The van der Waals surface area contributed by atoms with Crippen LogP contribution < -0.4 is 10.6 Å². The number of carbonyl (C=O) groups is 2. The molecule has 0 unspecified atom stereocenters. The number of thioether (sulfide) groups is 1. The lowest BCUT2D eigenvalue weighted by Crippen LogP contribution is -2.17. The normalized spacial score (nSPS) is 10.8. The quantitative estimate of drug-likeness (QED) is 0.484. The van der Waals surface area contributed by atoms with Crippen LogP contribution in [-0.4, -0.2) is 16.8 Å². The fourth-order valence-corrected chi connectivity index (χ4v) is 3.97. The van der Waals surface area contributed by atoms with Crippen molar-refractivity contribution in [2.75, 3.05) is 10.6 Å². The lowest BCUT2D eigenvalue weighted by Gasteiger charge is -2.09. The minimum atomic E-state index is -0.171. The maximum atomic E-state index is 12.5. The van der Waals surface area contributed by atoms with Crippen molar-refractivity contribution in [2.45, 2.75) is 31.4 Å². The molecule has 0 aliphatic rings. The van der Waals surface area contributed by atoms with Gasteiger partial charge in [-0.15, -0.1) is 23.1 Å². The van der Waals surface area contributed by atoms with Gasteiger partial charge in [0.25, 0.3) is 5.91 Å². The van der Waals surface area contributed by atoms with E-state index in [1.807, 2.05) is 45.0 Å². The molecule has 2 aromatic carbocycles. The van der Waals surface area contributed by atoms with Crippen LogP contribution in [0.25, 0.3) is 0 Å². The molecule has 0 saturated carbocycles. The Labute approximate surface area is 179 Å². The Kier molecular flexibility index (Phi) is 7.06. The van der Waals surface area contributed by atoms with E-state index >= 15 is 0 Å². The van der Waals surface area contributed by atoms with Gasteiger partial charge in [-0.3, -0.25) is 9.59 Å². The predicted octanol–water partition coefficient (Wildman–Crippen LogP) is 5.59. The molecule has 0 atom stereocenters. The zero-order valence-electron chi connectivity index (χ0n) is 16.6. The molecule has 7 heteroatoms. The number of anilines is 2. The number of thiazole rings is 1. The largest absolute Gasteiger partial charge is 0.326 e. The van der Waals surface area contributed by atoms with Gasteiger partial charge in [-0.25, -0.2) is 4.98 Å². The van der Waals surface area contributed by atoms with Gasteiger partial charge < -0.3 is 10.6 Å². The molecule has 2 N–H and O–H groups in total. The molecule has 0 saturated heterocycles. The summed E-state index contributed by atoms with van der Waals surface area (Å²) in [6.07, 6.45) is 0. The highest BCUT2D eigenvalue weighted by Gasteiger charge is 2.09. The fraction of sp³-hybridized carbons (Fsp3) is 0.227. The molecule has 0 fully saturated rings. The van der Waals surface area contributed by atoms with Crippen LogP contribution in [0.2, 0.25) is 0 Å². The Morgan fingerprint density at radius 3 is 2.17 bits per heavy atom. The first kappa shape index (κ1) is 21.1. The zero-order valence-corrected chi connectivity index (χ0v) is 18.2. The number of hydrogen-bond donors (Lipinski definition) is 2. The molecule has 29 heavy (non-hydrogen) atoms. The second kappa shape index (κ2) is 9.71. The standard InChI is InChI=1S/C22H23N3O2S2/c1-14(2)21(26)24-17-6-8-18(9-7-17)25-22(27)16-4-10-20(11-5-16)29-13-19-12-28-15(3)23-19/h4-12,14H,13H2,1-3H3,(H,24,26)(H,25,27). The number of carbonyl (C=O) groups excluding carboxylic acids is 2. The summed E-state index contributed by atoms with van der Waals surface area (Å²) in [5.74, 6) is 0.525. The van der Waals surface area contributed by atoms with Crippen LogP contribution in [-0.2, 0) is 10.5 Å². The van der Waals surface area contributed by atoms with Gasteiger partial charge in [-0.1, -0.05) is 13.8 Å². The zero-order chi connectivity index (χ0) is 20.8. The molecule has 0 radical (unpaired) electrons. The molecule has 3 rings (SSSR count). The summed E-state index contributed by atoms with van der Waals surface area (Å²) in [6.45, 7) is 5.68. The highest BCUT2D eigenvalue weighted by molar-refractivity contribution is 7.98. The summed E-state index contributed by atoms with van der Waals surface area (Å²) in [5, 5.41) is 8.85. The average molecular weight is 426 g/mol. The third kappa shape index (κ3) is 6.17. The summed E-state index contributed by atoms with van der Waals surface area (Å²) in [6, 6.07) is 14.6. The van der Waals surface area contributed by atoms with Gasteiger partial charge in [0.05, 0.1) is 10.7 Å². The van der Waals surface area contributed by atoms with Crippen LogP contribution in [0.5, 0.6) is 0 Å². The molecular weight excluding hydrogens is 402 g/mol. The number of aryl methyl sites for hydroxylation is 1. The third-order valence-corrected chi connectivity index (χ3v) is 5.97. The van der Waals surface area contributed by atoms with Crippen molar-refractivity contribution in [1.29, 1.82) is 0 Å². The van der Waals surface area contributed by atoms with Crippen molar-refractivity contribution < 1.29 is 9.59 Å². The Bertz CT molecular complexity index is 980. The van der Waals surface area contributed by atoms with Gasteiger partial charge in [-0.2, -0.15) is 0 Å². The molecule has 150 valence electrons. The summed E-state index contributed by atoms with van der Waals surface area (Å²) >= 11 is 3.35. The van der Waals surface area contributed by atoms with E-state index in [-0.39, 0.29) is 17.7 Å². The second-order valence-corrected chi connectivity index (χ2v) is 8.96. The first-order valence-corrected chi connectivity index (χ1v) is 11.1. The number of aromatic nitrogens is 1. The Morgan fingerprint density at radius 1 is 1.00 bits per heavy atom. The molecule has 1 heterocycles. The monoisotopic (exact) mass is 425 g/mol. The van der Waals surface area contributed by atoms with Crippen molar-refractivity contribution in [2.24, 2.45) is 5.92 Å². The smallest absolute Gasteiger partial charge is 0.255 e. The Hall–Kier alpha value is -2.64. The highest BCUT2D eigenvalue weighted by atomic mass is 32.2. The molecule has 0 aliphatic heterocycles. The van der Waals surface area contributed by atoms with Gasteiger partial charge in [-0.05, 0) is 55.5 Å². The second-order valence-electron chi connectivity index (χ2n) is 6.85. The Balaban J connectivity index is 1.54. The van der Waals surface area contributed by atoms with Crippen molar-refractivity contribution in [3.63, 3.8) is 0 Å². The summed E-state index contributed by atoms with van der Waals surface area (Å²) in [7, 11) is 0. The van der Waals surface area contributed by atoms with Gasteiger partial charge in [0.1, 0.15) is 0 Å². The predicted molar refractivity (Wildman–Crippen MR) is 121 cm³/mol. The van der Waals surface area contributed by atoms with Crippen LogP contribution in [0.15, 0.2) is 58.8 Å². The van der Waals surface area contributed by atoms with E-state index in [2.05, 4.69) is 21.0 Å². The van der Waals surface area contributed by atoms with E-state index in [4.69, 9.17) is 0 Å². The number of nitrogens with one attached hydrogen (secondary N) is 2. The van der Waals surface area contributed by atoms with Gasteiger partial charge in [0.15, 0.2) is 0 Å². The number of hydrogen-bond acceptors (Lipinski definition) is 5. The van der Waals surface area contributed by atoms with Crippen molar-refractivity contribution >= 4 is 46.3 Å². The number of rotatable bonds is 7. The topological polar surface area (TPSA) is 71.1 Å². The van der Waals surface area contributed by atoms with E-state index in [1.54, 1.807) is 47.4 Å². The van der Waals surface area contributed by atoms with E-state index in [9.17, 15) is 9.59 Å². The van der Waals surface area contributed by atoms with Crippen LogP contribution in [0, 0.1) is 12.8 Å². The van der Waals surface area contributed by atoms with E-state index in [1.165, 1.54) is 0 Å². The average Bonchev–Trinajstić information content (AvgIpc) is 3.13. The lowest BCUT2D eigenvalue weighted by molar-refractivity contribution is -0.118. The van der Waals surface area contributed by atoms with Gasteiger partial charge in [0, 0.05) is 38.9 Å². The van der Waals surface area contributed by atoms with Gasteiger partial charge in [0.2, 0.25) is 5.91 Å². The van der Waals surface area contributed by atoms with E-state index in [0.717, 1.165) is 21.3 Å². The molecule has 1 aromatic heterocycles. The van der Waals surface area contributed by atoms with Crippen molar-refractivity contribution in [1.82, 2.24) is 4.98 Å². The van der Waals surface area contributed by atoms with Crippen LogP contribution in [0.3, 0.4) is 0 Å². The number of benzene rings is 2. The summed E-state index contributed by atoms with van der Waals surface area (Å²) < 4.78 is 0. The van der Waals surface area contributed by atoms with Gasteiger partial charge >= 0.3 is 0 Å². The molecule has 0 aliphatic carbocycles. The molecule has 2 amide bonds. The maximum absolute atomic E-state index is 12.5.